The summed E-state index contributed by atoms with van der Waals surface area (Å²) in [6.45, 7) is 16.1. The number of carbonyl (C=O) groups excluding carboxylic acids is 4. The molecule has 6 rings (SSSR count). The quantitative estimate of drug-likeness (QED) is 0.134. The van der Waals surface area contributed by atoms with E-state index in [1.54, 1.807) is 34.6 Å². The topological polar surface area (TPSA) is 141 Å². The summed E-state index contributed by atoms with van der Waals surface area (Å²) in [5, 5.41) is 7.26. The fourth-order valence-corrected chi connectivity index (χ4v) is 7.22. The molecule has 2 saturated heterocycles. The van der Waals surface area contributed by atoms with Crippen molar-refractivity contribution in [3.63, 3.8) is 0 Å². The molecule has 0 radical (unpaired) electrons. The first-order valence-electron chi connectivity index (χ1n) is 18.9. The molecule has 0 aliphatic carbocycles. The van der Waals surface area contributed by atoms with Crippen LogP contribution >= 0.6 is 0 Å². The van der Waals surface area contributed by atoms with Gasteiger partial charge in [0, 0.05) is 68.4 Å². The van der Waals surface area contributed by atoms with Crippen LogP contribution in [-0.2, 0) is 37.4 Å². The molecule has 4 heterocycles. The molecule has 4 aromatic rings. The molecule has 15 heteroatoms. The van der Waals surface area contributed by atoms with E-state index in [-0.39, 0.29) is 30.2 Å². The van der Waals surface area contributed by atoms with Crippen molar-refractivity contribution in [1.29, 1.82) is 0 Å². The second kappa shape index (κ2) is 17.5. The maximum Gasteiger partial charge on any atom is 0.328 e. The smallest absolute Gasteiger partial charge is 0.328 e. The lowest BCUT2D eigenvalue weighted by Gasteiger charge is -2.38. The second-order valence-electron chi connectivity index (χ2n) is 16.1. The van der Waals surface area contributed by atoms with Gasteiger partial charge in [0.2, 0.25) is 5.91 Å². The van der Waals surface area contributed by atoms with Gasteiger partial charge in [-0.25, -0.2) is 9.37 Å². The van der Waals surface area contributed by atoms with Gasteiger partial charge in [-0.15, -0.1) is 0 Å². The summed E-state index contributed by atoms with van der Waals surface area (Å²) in [6, 6.07) is 12.4. The van der Waals surface area contributed by atoms with E-state index in [0.717, 1.165) is 52.1 Å². The number of quaternary nitrogens is 1. The van der Waals surface area contributed by atoms with Crippen molar-refractivity contribution < 1.29 is 37.5 Å². The van der Waals surface area contributed by atoms with Gasteiger partial charge >= 0.3 is 5.97 Å². The lowest BCUT2D eigenvalue weighted by Crippen LogP contribution is -2.50. The first-order chi connectivity index (χ1) is 26.9. The van der Waals surface area contributed by atoms with Gasteiger partial charge in [-0.2, -0.15) is 5.10 Å². The largest absolute Gasteiger partial charge is 0.471 e. The minimum Gasteiger partial charge on any atom is -0.471 e. The Morgan fingerprint density at radius 2 is 1.67 bits per heavy atom. The van der Waals surface area contributed by atoms with E-state index >= 15 is 4.39 Å². The molecule has 0 bridgehead atoms. The number of esters is 1. The summed E-state index contributed by atoms with van der Waals surface area (Å²) in [4.78, 5) is 55.9. The highest BCUT2D eigenvalue weighted by atomic mass is 19.1. The van der Waals surface area contributed by atoms with Gasteiger partial charge in [0.05, 0.1) is 57.8 Å². The lowest BCUT2D eigenvalue weighted by molar-refractivity contribution is -0.878. The molecular weight excluding hydrogens is 732 g/mol. The second-order valence-corrected chi connectivity index (χ2v) is 16.1. The summed E-state index contributed by atoms with van der Waals surface area (Å²) < 4.78 is 28.9. The molecule has 0 spiro atoms. The van der Waals surface area contributed by atoms with Crippen LogP contribution < -0.4 is 5.32 Å². The molecule has 1 unspecified atom stereocenters. The minimum absolute atomic E-state index is 0.0165. The molecule has 2 fully saturated rings. The highest BCUT2D eigenvalue weighted by molar-refractivity contribution is 6.02. The predicted molar refractivity (Wildman–Crippen MR) is 215 cm³/mol. The Bertz CT molecular complexity index is 2110. The summed E-state index contributed by atoms with van der Waals surface area (Å²) in [7, 11) is 7.39. The summed E-state index contributed by atoms with van der Waals surface area (Å²) in [5.74, 6) is -0.870. The summed E-state index contributed by atoms with van der Waals surface area (Å²) in [5.41, 5.74) is 4.81. The standard InChI is InChI=1S/C40H49FN8O4.C2H4O2/c1-26-33(23-48(44-26)24-36(50)53-40(3,4)5)28-9-11-29(12-10-28)35-22-42-37(45(35)6)38(51)43-31-13-14-32(34(41)21-31)27(2)46-16-18-47(19-17-46)39(52)30-15-20-49(7,8)25-30;1-4-2-3/h9-14,21-23,30H,2,15-20,24-25H2,1,3-8H3;2H,1H3/p+1. The van der Waals surface area contributed by atoms with Crippen LogP contribution in [0.2, 0.25) is 0 Å². The van der Waals surface area contributed by atoms with Crippen LogP contribution in [0.4, 0.5) is 10.1 Å². The van der Waals surface area contributed by atoms with Crippen molar-refractivity contribution in [1.82, 2.24) is 29.1 Å². The van der Waals surface area contributed by atoms with Crippen LogP contribution in [0.1, 0.15) is 49.1 Å². The van der Waals surface area contributed by atoms with Crippen molar-refractivity contribution in [2.45, 2.75) is 46.3 Å². The number of hydrogen-bond donors (Lipinski definition) is 1. The van der Waals surface area contributed by atoms with Crippen LogP contribution in [-0.4, -0.2) is 124 Å². The van der Waals surface area contributed by atoms with Crippen molar-refractivity contribution in [2.75, 3.05) is 65.8 Å². The third-order valence-electron chi connectivity index (χ3n) is 10.1. The fraction of sp³-hybridized carbons (Fsp3) is 0.429. The van der Waals surface area contributed by atoms with Crippen molar-refractivity contribution in [3.05, 3.63) is 84.3 Å². The van der Waals surface area contributed by atoms with Gasteiger partial charge in [-0.3, -0.25) is 23.9 Å². The molecular formula is C42H54FN8O6+. The number of halogens is 1. The van der Waals surface area contributed by atoms with E-state index in [1.807, 2.05) is 68.0 Å². The van der Waals surface area contributed by atoms with Crippen molar-refractivity contribution in [3.8, 4) is 22.4 Å². The Morgan fingerprint density at radius 3 is 2.25 bits per heavy atom. The van der Waals surface area contributed by atoms with Crippen LogP contribution in [0, 0.1) is 18.7 Å². The Balaban J connectivity index is 0.00000148. The van der Waals surface area contributed by atoms with Crippen molar-refractivity contribution in [2.24, 2.45) is 13.0 Å². The molecule has 2 aromatic heterocycles. The number of aryl methyl sites for hydroxylation is 1. The van der Waals surface area contributed by atoms with E-state index in [0.29, 0.717) is 49.6 Å². The average Bonchev–Trinajstić information content (AvgIpc) is 3.85. The number of nitrogens with one attached hydrogen (secondary N) is 1. The van der Waals surface area contributed by atoms with E-state index in [4.69, 9.17) is 9.53 Å². The highest BCUT2D eigenvalue weighted by Crippen LogP contribution is 2.29. The Labute approximate surface area is 333 Å². The maximum absolute atomic E-state index is 15.4. The Morgan fingerprint density at radius 1 is 1.04 bits per heavy atom. The molecule has 2 aliphatic heterocycles. The van der Waals surface area contributed by atoms with Crippen LogP contribution in [0.25, 0.3) is 28.1 Å². The first kappa shape index (κ1) is 42.3. The number of benzene rings is 2. The molecule has 0 saturated carbocycles. The molecule has 2 aromatic carbocycles. The number of likely N-dealkylation sites (tertiary alicyclic amines) is 1. The van der Waals surface area contributed by atoms with Crippen LogP contribution in [0.3, 0.4) is 0 Å². The van der Waals surface area contributed by atoms with Gasteiger partial charge in [0.1, 0.15) is 18.0 Å². The number of hydrogen-bond acceptors (Lipinski definition) is 9. The number of ether oxygens (including phenoxy) is 2. The monoisotopic (exact) mass is 785 g/mol. The summed E-state index contributed by atoms with van der Waals surface area (Å²) >= 11 is 0. The zero-order chi connectivity index (χ0) is 41.7. The van der Waals surface area contributed by atoms with Gasteiger partial charge in [-0.1, -0.05) is 30.8 Å². The van der Waals surface area contributed by atoms with E-state index in [2.05, 4.69) is 40.8 Å². The number of anilines is 1. The first-order valence-corrected chi connectivity index (χ1v) is 18.9. The van der Waals surface area contributed by atoms with E-state index in [9.17, 15) is 14.4 Å². The van der Waals surface area contributed by atoms with Gasteiger partial charge in [-0.05, 0) is 57.0 Å². The number of nitrogens with zero attached hydrogens (tertiary/aromatic N) is 7. The lowest BCUT2D eigenvalue weighted by atomic mass is 10.0. The van der Waals surface area contributed by atoms with Gasteiger partial charge < -0.3 is 33.6 Å². The molecule has 304 valence electrons. The van der Waals surface area contributed by atoms with Gasteiger partial charge in [0.15, 0.2) is 5.82 Å². The Kier molecular flexibility index (Phi) is 13.0. The molecule has 57 heavy (non-hydrogen) atoms. The van der Waals surface area contributed by atoms with Crippen LogP contribution in [0.5, 0.6) is 0 Å². The Hall–Kier alpha value is -5.83. The highest BCUT2D eigenvalue weighted by Gasteiger charge is 2.38. The number of rotatable bonds is 10. The molecule has 1 atom stereocenters. The summed E-state index contributed by atoms with van der Waals surface area (Å²) in [6.07, 6.45) is 4.37. The number of aromatic nitrogens is 4. The molecule has 1 N–H and O–H groups in total. The number of methoxy groups -OCH3 is 1. The van der Waals surface area contributed by atoms with E-state index in [1.165, 1.54) is 13.2 Å². The predicted octanol–water partition coefficient (Wildman–Crippen LogP) is 4.99. The number of imidazole rings is 1. The molecule has 2 amide bonds. The molecule has 14 nitrogen and oxygen atoms in total. The maximum atomic E-state index is 15.4. The zero-order valence-corrected chi connectivity index (χ0v) is 34.2. The van der Waals surface area contributed by atoms with Crippen LogP contribution in [0.15, 0.2) is 61.4 Å². The normalized spacial score (nSPS) is 16.3. The number of piperazine rings is 1. The number of carbonyl (C=O) groups is 4. The third kappa shape index (κ3) is 10.5. The van der Waals surface area contributed by atoms with Crippen molar-refractivity contribution >= 4 is 35.6 Å². The minimum atomic E-state index is -0.572. The van der Waals surface area contributed by atoms with E-state index < -0.39 is 17.3 Å². The fourth-order valence-electron chi connectivity index (χ4n) is 7.22. The van der Waals surface area contributed by atoms with Gasteiger partial charge in [0.25, 0.3) is 12.4 Å². The zero-order valence-electron chi connectivity index (χ0n) is 34.2. The average molecular weight is 786 g/mol. The number of amides is 2. The third-order valence-corrected chi connectivity index (χ3v) is 10.1. The SMILES string of the molecule is C=C(c1ccc(NC(=O)c2ncc(-c3ccc(-c4cn(CC(=O)OC(C)(C)C)nc4C)cc3)n2C)cc1F)N1CCN(C(=O)C2CC[N+](C)(C)C2)CC1.COC=O. The molecule has 2 aliphatic rings.